The van der Waals surface area contributed by atoms with Gasteiger partial charge in [0, 0.05) is 0 Å². The Morgan fingerprint density at radius 2 is 2.00 bits per heavy atom. The zero-order chi connectivity index (χ0) is 3.41. The Morgan fingerprint density at radius 1 is 1.75 bits per heavy atom. The molecule has 0 amide bonds. The topological polar surface area (TPSA) is 26.0 Å². The van der Waals surface area contributed by atoms with E-state index in [1.807, 2.05) is 0 Å². The fourth-order valence-electron chi connectivity index (χ4n) is 0. The van der Waals surface area contributed by atoms with Gasteiger partial charge in [-0.3, -0.25) is 0 Å². The average Bonchev–Trinajstić information content (AvgIpc) is 1.37. The molecule has 0 heterocycles. The van der Waals surface area contributed by atoms with Crippen LogP contribution >= 0.6 is 0 Å². The summed E-state index contributed by atoms with van der Waals surface area (Å²) in [6.07, 6.45) is 0. The molecule has 0 bridgehead atoms. The fraction of sp³-hybridized carbons (Fsp3) is 0. The molecular weight excluding hydrogens is 48.8 g/mol. The lowest BCUT2D eigenvalue weighted by atomic mass is 10.2. The second-order valence-corrected chi connectivity index (χ2v) is 0.394. The Kier molecular flexibility index (Phi) is 2.08. The lowest BCUT2D eigenvalue weighted by Crippen LogP contribution is -1.73. The highest BCUT2D eigenvalue weighted by Gasteiger charge is 1.28. The maximum atomic E-state index is 4.67. The van der Waals surface area contributed by atoms with Crippen LogP contribution in [0.5, 0.6) is 0 Å². The summed E-state index contributed by atoms with van der Waals surface area (Å²) >= 11 is 0. The number of hydrogen-bond acceptors (Lipinski definition) is 1. The van der Waals surface area contributed by atoms with Crippen molar-refractivity contribution in [3.63, 3.8) is 0 Å². The monoisotopic (exact) mass is 53.0 g/mol. The van der Waals surface area contributed by atoms with Crippen LogP contribution in [0.15, 0.2) is 0 Å². The third-order valence-corrected chi connectivity index (χ3v) is 0.144. The Balaban J connectivity index is 2.83. The van der Waals surface area contributed by atoms with Crippen LogP contribution in [0.2, 0.25) is 0 Å². The Hall–Kier alpha value is -0.575. The minimum atomic E-state index is 1.69. The Labute approximate surface area is 26.6 Å². The fourth-order valence-corrected chi connectivity index (χ4v) is 0. The maximum Gasteiger partial charge on any atom is 0.198 e. The van der Waals surface area contributed by atoms with E-state index >= 15 is 0 Å². The van der Waals surface area contributed by atoms with Gasteiger partial charge in [-0.05, 0) is 6.04 Å². The summed E-state index contributed by atoms with van der Waals surface area (Å²) < 4.78 is 0. The molecule has 0 unspecified atom stereocenters. The molecule has 0 aromatic rings. The molecule has 0 aliphatic heterocycles. The molecule has 0 aromatic heterocycles. The van der Waals surface area contributed by atoms with Crippen LogP contribution in [0.1, 0.15) is 0 Å². The first kappa shape index (κ1) is 3.42. The van der Waals surface area contributed by atoms with Crippen LogP contribution in [0.25, 0.3) is 0 Å². The molecule has 2 heteroatoms. The molecule has 2 N–H and O–H groups in total. The van der Waals surface area contributed by atoms with Gasteiger partial charge in [-0.2, -0.15) is 0 Å². The normalized spacial score (nSPS) is 3.00. The van der Waals surface area contributed by atoms with Gasteiger partial charge in [0.2, 0.25) is 0 Å². The molecule has 0 fully saturated rings. The summed E-state index contributed by atoms with van der Waals surface area (Å²) in [7, 11) is 1.69. The van der Waals surface area contributed by atoms with Gasteiger partial charge in [-0.25, -0.2) is 0 Å². The van der Waals surface area contributed by atoms with Crippen molar-refractivity contribution in [1.82, 2.24) is 0 Å². The van der Waals surface area contributed by atoms with E-state index in [0.717, 1.165) is 0 Å². The van der Waals surface area contributed by atoms with Gasteiger partial charge >= 0.3 is 0 Å². The molecule has 0 saturated heterocycles. The van der Waals surface area contributed by atoms with E-state index < -0.39 is 0 Å². The van der Waals surface area contributed by atoms with E-state index in [1.54, 1.807) is 7.85 Å². The van der Waals surface area contributed by atoms with Crippen molar-refractivity contribution < 1.29 is 0 Å². The summed E-state index contributed by atoms with van der Waals surface area (Å²) in [4.78, 5) is 0. The first-order chi connectivity index (χ1) is 1.91. The van der Waals surface area contributed by atoms with E-state index in [0.29, 0.717) is 0 Å². The SMILES string of the molecule is BC#CN. The van der Waals surface area contributed by atoms with Crippen molar-refractivity contribution in [1.29, 1.82) is 0 Å². The van der Waals surface area contributed by atoms with Gasteiger partial charge < -0.3 is 5.73 Å². The van der Waals surface area contributed by atoms with Crippen LogP contribution in [-0.2, 0) is 0 Å². The molecule has 20 valence electrons. The zero-order valence-electron chi connectivity index (χ0n) is 2.58. The molecular formula is C2H4BN. The van der Waals surface area contributed by atoms with Gasteiger partial charge in [0.1, 0.15) is 0 Å². The number of nitrogens with two attached hydrogens (primary N) is 1. The maximum absolute atomic E-state index is 4.67. The smallest absolute Gasteiger partial charge is 0.198 e. The largest absolute Gasteiger partial charge is 0.360 e. The van der Waals surface area contributed by atoms with Crippen molar-refractivity contribution >= 4 is 7.85 Å². The summed E-state index contributed by atoms with van der Waals surface area (Å²) in [6, 6.07) is 2.18. The van der Waals surface area contributed by atoms with Crippen molar-refractivity contribution in [2.24, 2.45) is 5.73 Å². The van der Waals surface area contributed by atoms with E-state index in [1.165, 1.54) is 0 Å². The molecule has 0 radical (unpaired) electrons. The second-order valence-electron chi connectivity index (χ2n) is 0.394. The van der Waals surface area contributed by atoms with E-state index in [2.05, 4.69) is 17.6 Å². The van der Waals surface area contributed by atoms with Gasteiger partial charge in [0.15, 0.2) is 7.85 Å². The highest BCUT2D eigenvalue weighted by molar-refractivity contribution is 6.22. The Bertz CT molecular complexity index is 42.8. The average molecular weight is 52.9 g/mol. The van der Waals surface area contributed by atoms with Crippen LogP contribution in [0.3, 0.4) is 0 Å². The van der Waals surface area contributed by atoms with E-state index in [4.69, 9.17) is 0 Å². The van der Waals surface area contributed by atoms with Crippen LogP contribution in [0, 0.1) is 11.9 Å². The Morgan fingerprint density at radius 3 is 2.00 bits per heavy atom. The molecule has 4 heavy (non-hydrogen) atoms. The first-order valence-corrected chi connectivity index (χ1v) is 1.04. The third kappa shape index (κ3) is 1.42. The minimum absolute atomic E-state index is 1.69. The van der Waals surface area contributed by atoms with E-state index in [9.17, 15) is 0 Å². The van der Waals surface area contributed by atoms with Crippen molar-refractivity contribution in [3.8, 4) is 11.9 Å². The van der Waals surface area contributed by atoms with Crippen molar-refractivity contribution in [3.05, 3.63) is 0 Å². The summed E-state index contributed by atoms with van der Waals surface area (Å²) in [5, 5.41) is 0. The molecule has 0 aliphatic carbocycles. The third-order valence-electron chi connectivity index (χ3n) is 0.144. The number of hydrogen-bond donors (Lipinski definition) is 1. The van der Waals surface area contributed by atoms with Gasteiger partial charge in [-0.15, -0.1) is 5.82 Å². The molecule has 0 rings (SSSR count). The molecule has 0 atom stereocenters. The summed E-state index contributed by atoms with van der Waals surface area (Å²) in [6.45, 7) is 0. The van der Waals surface area contributed by atoms with Crippen LogP contribution in [-0.4, -0.2) is 7.85 Å². The van der Waals surface area contributed by atoms with Gasteiger partial charge in [0.05, 0.1) is 0 Å². The highest BCUT2D eigenvalue weighted by Crippen LogP contribution is 1.15. The van der Waals surface area contributed by atoms with Crippen molar-refractivity contribution in [2.45, 2.75) is 0 Å². The van der Waals surface area contributed by atoms with Gasteiger partial charge in [0.25, 0.3) is 0 Å². The lowest BCUT2D eigenvalue weighted by Gasteiger charge is -1.43. The zero-order valence-corrected chi connectivity index (χ0v) is 2.58. The second kappa shape index (κ2) is 2.42. The van der Waals surface area contributed by atoms with Crippen molar-refractivity contribution in [2.75, 3.05) is 0 Å². The minimum Gasteiger partial charge on any atom is -0.360 e. The number of rotatable bonds is 0. The molecule has 0 spiro atoms. The van der Waals surface area contributed by atoms with Crippen LogP contribution in [0.4, 0.5) is 0 Å². The summed E-state index contributed by atoms with van der Waals surface area (Å²) in [5.41, 5.74) is 4.67. The van der Waals surface area contributed by atoms with Gasteiger partial charge in [-0.1, -0.05) is 0 Å². The molecule has 0 saturated carbocycles. The van der Waals surface area contributed by atoms with E-state index in [-0.39, 0.29) is 0 Å². The predicted molar refractivity (Wildman–Crippen MR) is 20.5 cm³/mol. The quantitative estimate of drug-likeness (QED) is 0.203. The molecule has 0 aliphatic rings. The molecule has 0 aromatic carbocycles. The predicted octanol–water partition coefficient (Wildman–Crippen LogP) is -1.50. The first-order valence-electron chi connectivity index (χ1n) is 1.04. The van der Waals surface area contributed by atoms with Crippen LogP contribution < -0.4 is 5.73 Å². The lowest BCUT2D eigenvalue weighted by molar-refractivity contribution is 1.75. The highest BCUT2D eigenvalue weighted by atomic mass is 14.4. The molecule has 1 nitrogen and oxygen atoms in total. The standard InChI is InChI=1S/C2H4BN/c3-1-2-4/h3-4H2. The summed E-state index contributed by atoms with van der Waals surface area (Å²) in [5.74, 6) is 2.46.